The molecule has 0 radical (unpaired) electrons. The highest BCUT2D eigenvalue weighted by Gasteiger charge is 2.03. The van der Waals surface area contributed by atoms with Gasteiger partial charge < -0.3 is 4.52 Å². The maximum absolute atomic E-state index is 11.2. The Morgan fingerprint density at radius 3 is 2.31 bits per heavy atom. The average molecular weight is 206 g/mol. The summed E-state index contributed by atoms with van der Waals surface area (Å²) in [7, 11) is -1.75. The van der Waals surface area contributed by atoms with Crippen molar-refractivity contribution in [3.63, 3.8) is 0 Å². The first-order chi connectivity index (χ1) is 6.18. The van der Waals surface area contributed by atoms with Gasteiger partial charge in [0.05, 0.1) is 6.61 Å². The third-order valence-electron chi connectivity index (χ3n) is 1.96. The van der Waals surface area contributed by atoms with Crippen molar-refractivity contribution in [2.75, 3.05) is 6.61 Å². The molecule has 0 bridgehead atoms. The molecule has 0 spiro atoms. The third kappa shape index (κ3) is 8.52. The van der Waals surface area contributed by atoms with Gasteiger partial charge in [0.15, 0.2) is 8.03 Å². The number of hydrogen-bond donors (Lipinski definition) is 0. The molecule has 0 rings (SSSR count). The zero-order valence-corrected chi connectivity index (χ0v) is 10.1. The molecule has 0 aromatic carbocycles. The van der Waals surface area contributed by atoms with E-state index >= 15 is 0 Å². The van der Waals surface area contributed by atoms with E-state index in [0.29, 0.717) is 6.61 Å². The van der Waals surface area contributed by atoms with Crippen LogP contribution in [0, 0.1) is 0 Å². The molecule has 13 heavy (non-hydrogen) atoms. The van der Waals surface area contributed by atoms with Crippen LogP contribution >= 0.6 is 8.03 Å². The Bertz CT molecular complexity index is 135. The second-order valence-corrected chi connectivity index (χ2v) is 5.82. The highest BCUT2D eigenvalue weighted by molar-refractivity contribution is 7.39. The lowest BCUT2D eigenvalue weighted by molar-refractivity contribution is 0.312. The van der Waals surface area contributed by atoms with E-state index in [9.17, 15) is 4.57 Å². The fraction of sp³-hybridized carbons (Fsp3) is 1.00. The molecule has 1 unspecified atom stereocenters. The van der Waals surface area contributed by atoms with Gasteiger partial charge in [0.2, 0.25) is 0 Å². The average Bonchev–Trinajstić information content (AvgIpc) is 2.10. The summed E-state index contributed by atoms with van der Waals surface area (Å²) in [6.07, 6.45) is 6.12. The van der Waals surface area contributed by atoms with Gasteiger partial charge in [-0.2, -0.15) is 0 Å². The molecule has 1 atom stereocenters. The molecule has 80 valence electrons. The third-order valence-corrected chi connectivity index (χ3v) is 3.40. The summed E-state index contributed by atoms with van der Waals surface area (Å²) >= 11 is 0. The van der Waals surface area contributed by atoms with Crippen molar-refractivity contribution in [1.29, 1.82) is 0 Å². The zero-order valence-electron chi connectivity index (χ0n) is 9.14. The van der Waals surface area contributed by atoms with E-state index in [0.717, 1.165) is 6.42 Å². The molecule has 3 heteroatoms. The molecule has 0 saturated heterocycles. The lowest BCUT2D eigenvalue weighted by Gasteiger charge is -2.06. The predicted molar refractivity (Wildman–Crippen MR) is 58.8 cm³/mol. The summed E-state index contributed by atoms with van der Waals surface area (Å²) in [5.41, 5.74) is 0.195. The van der Waals surface area contributed by atoms with Gasteiger partial charge in [0.25, 0.3) is 0 Å². The van der Waals surface area contributed by atoms with E-state index in [1.807, 2.05) is 13.8 Å². The summed E-state index contributed by atoms with van der Waals surface area (Å²) in [6, 6.07) is 0. The van der Waals surface area contributed by atoms with Crippen LogP contribution in [0.15, 0.2) is 0 Å². The molecule has 0 aliphatic carbocycles. The van der Waals surface area contributed by atoms with E-state index < -0.39 is 8.03 Å². The highest BCUT2D eigenvalue weighted by atomic mass is 31.1. The Kier molecular flexibility index (Phi) is 8.90. The van der Waals surface area contributed by atoms with E-state index in [2.05, 4.69) is 6.92 Å². The van der Waals surface area contributed by atoms with Crippen molar-refractivity contribution in [3.8, 4) is 0 Å². The summed E-state index contributed by atoms with van der Waals surface area (Å²) in [4.78, 5) is 0. The Balaban J connectivity index is 3.12. The molecule has 0 fully saturated rings. The van der Waals surface area contributed by atoms with Crippen LogP contribution in [0.4, 0.5) is 0 Å². The van der Waals surface area contributed by atoms with Gasteiger partial charge in [-0.1, -0.05) is 46.5 Å². The maximum Gasteiger partial charge on any atom is 0.194 e. The van der Waals surface area contributed by atoms with Crippen LogP contribution in [0.2, 0.25) is 0 Å². The van der Waals surface area contributed by atoms with Crippen LogP contribution < -0.4 is 0 Å². The van der Waals surface area contributed by atoms with Crippen LogP contribution in [0.25, 0.3) is 0 Å². The van der Waals surface area contributed by atoms with Crippen LogP contribution in [-0.2, 0) is 9.09 Å². The predicted octanol–water partition coefficient (Wildman–Crippen LogP) is 3.86. The van der Waals surface area contributed by atoms with Gasteiger partial charge in [-0.25, -0.2) is 0 Å². The van der Waals surface area contributed by atoms with Gasteiger partial charge in [-0.15, -0.1) is 0 Å². The normalized spacial score (nSPS) is 13.5. The van der Waals surface area contributed by atoms with Gasteiger partial charge in [0, 0.05) is 5.66 Å². The second-order valence-electron chi connectivity index (χ2n) is 3.74. The minimum absolute atomic E-state index is 0.195. The summed E-state index contributed by atoms with van der Waals surface area (Å²) in [5.74, 6) is 0. The Hall–Kier alpha value is 0.190. The van der Waals surface area contributed by atoms with Crippen molar-refractivity contribution in [1.82, 2.24) is 0 Å². The molecule has 0 aromatic heterocycles. The van der Waals surface area contributed by atoms with Gasteiger partial charge in [-0.05, 0) is 6.42 Å². The second kappa shape index (κ2) is 8.77. The van der Waals surface area contributed by atoms with Gasteiger partial charge in [-0.3, -0.25) is 4.57 Å². The monoisotopic (exact) mass is 206 g/mol. The molecule has 0 aromatic rings. The molecule has 0 saturated carbocycles. The van der Waals surface area contributed by atoms with E-state index in [1.54, 1.807) is 0 Å². The number of unbranched alkanes of at least 4 members (excludes halogenated alkanes) is 4. The van der Waals surface area contributed by atoms with Crippen molar-refractivity contribution in [2.24, 2.45) is 0 Å². The SMILES string of the molecule is CCCCCCCO[PH](=O)C(C)C. The number of hydrogen-bond acceptors (Lipinski definition) is 2. The standard InChI is InChI=1S/C10H23O2P/c1-4-5-6-7-8-9-12-13(11)10(2)3/h10,13H,4-9H2,1-3H3. The fourth-order valence-corrected chi connectivity index (χ4v) is 1.72. The van der Waals surface area contributed by atoms with Crippen LogP contribution in [0.5, 0.6) is 0 Å². The molecule has 0 N–H and O–H groups in total. The van der Waals surface area contributed by atoms with Gasteiger partial charge >= 0.3 is 0 Å². The zero-order chi connectivity index (χ0) is 10.1. The molecule has 0 aliphatic heterocycles. The van der Waals surface area contributed by atoms with Crippen molar-refractivity contribution in [2.45, 2.75) is 58.5 Å². The van der Waals surface area contributed by atoms with Crippen molar-refractivity contribution >= 4 is 8.03 Å². The van der Waals surface area contributed by atoms with Gasteiger partial charge in [0.1, 0.15) is 0 Å². The topological polar surface area (TPSA) is 26.3 Å². The quantitative estimate of drug-likeness (QED) is 0.445. The van der Waals surface area contributed by atoms with Crippen molar-refractivity contribution < 1.29 is 9.09 Å². The molecular weight excluding hydrogens is 183 g/mol. The smallest absolute Gasteiger partial charge is 0.194 e. The molecular formula is C10H23O2P. The molecule has 2 nitrogen and oxygen atoms in total. The fourth-order valence-electron chi connectivity index (χ4n) is 1.05. The summed E-state index contributed by atoms with van der Waals surface area (Å²) in [6.45, 7) is 6.77. The van der Waals surface area contributed by atoms with E-state index in [1.165, 1.54) is 25.7 Å². The maximum atomic E-state index is 11.2. The van der Waals surface area contributed by atoms with Crippen LogP contribution in [-0.4, -0.2) is 12.3 Å². The molecule has 0 aliphatic rings. The minimum Gasteiger partial charge on any atom is -0.330 e. The Morgan fingerprint density at radius 2 is 1.77 bits per heavy atom. The first-order valence-electron chi connectivity index (χ1n) is 5.35. The van der Waals surface area contributed by atoms with E-state index in [4.69, 9.17) is 4.52 Å². The minimum atomic E-state index is -1.75. The Labute approximate surface area is 82.9 Å². The lowest BCUT2D eigenvalue weighted by Crippen LogP contribution is -1.93. The summed E-state index contributed by atoms with van der Waals surface area (Å²) < 4.78 is 16.4. The van der Waals surface area contributed by atoms with E-state index in [-0.39, 0.29) is 5.66 Å². The largest absolute Gasteiger partial charge is 0.330 e. The number of rotatable bonds is 8. The van der Waals surface area contributed by atoms with Crippen LogP contribution in [0.3, 0.4) is 0 Å². The van der Waals surface area contributed by atoms with Crippen LogP contribution in [0.1, 0.15) is 52.9 Å². The molecule has 0 amide bonds. The molecule has 0 heterocycles. The first-order valence-corrected chi connectivity index (χ1v) is 6.74. The highest BCUT2D eigenvalue weighted by Crippen LogP contribution is 2.28. The summed E-state index contributed by atoms with van der Waals surface area (Å²) in [5, 5.41) is 0. The first kappa shape index (κ1) is 13.2. The van der Waals surface area contributed by atoms with Crippen molar-refractivity contribution in [3.05, 3.63) is 0 Å². The Morgan fingerprint density at radius 1 is 1.15 bits per heavy atom. The lowest BCUT2D eigenvalue weighted by atomic mass is 10.2.